The van der Waals surface area contributed by atoms with Gasteiger partial charge >= 0.3 is 5.97 Å². The van der Waals surface area contributed by atoms with Gasteiger partial charge in [0, 0.05) is 35.0 Å². The van der Waals surface area contributed by atoms with Crippen molar-refractivity contribution in [3.63, 3.8) is 0 Å². The van der Waals surface area contributed by atoms with Gasteiger partial charge in [-0.2, -0.15) is 0 Å². The smallest absolute Gasteiger partial charge is 0.340 e. The SMILES string of the molecule is COC(=O)C1=C(C)N(C[C@@H]2CCCO2)C(=O)/C1=C\c1cc([N+](=O)[O-])ccc1Cl. The summed E-state index contributed by atoms with van der Waals surface area (Å²) in [5, 5.41) is 11.3. The average Bonchev–Trinajstić information content (AvgIpc) is 3.26. The molecule has 1 saturated heterocycles. The van der Waals surface area contributed by atoms with Crippen molar-refractivity contribution < 1.29 is 24.0 Å². The third-order valence-corrected chi connectivity index (χ3v) is 5.15. The Kier molecular flexibility index (Phi) is 5.81. The summed E-state index contributed by atoms with van der Waals surface area (Å²) in [5.41, 5.74) is 0.767. The molecule has 0 saturated carbocycles. The maximum Gasteiger partial charge on any atom is 0.340 e. The van der Waals surface area contributed by atoms with Crippen molar-refractivity contribution in [1.82, 2.24) is 4.90 Å². The molecule has 0 aliphatic carbocycles. The second kappa shape index (κ2) is 8.12. The number of nitro groups is 1. The molecule has 8 nitrogen and oxygen atoms in total. The van der Waals surface area contributed by atoms with Crippen LogP contribution in [0.3, 0.4) is 0 Å². The quantitative estimate of drug-likeness (QED) is 0.322. The van der Waals surface area contributed by atoms with E-state index < -0.39 is 16.8 Å². The molecular weight excluding hydrogens is 388 g/mol. The van der Waals surface area contributed by atoms with Crippen molar-refractivity contribution >= 4 is 35.2 Å². The second-order valence-corrected chi connectivity index (χ2v) is 6.93. The minimum Gasteiger partial charge on any atom is -0.465 e. The fourth-order valence-electron chi connectivity index (χ4n) is 3.35. The molecule has 2 aliphatic heterocycles. The van der Waals surface area contributed by atoms with Gasteiger partial charge in [-0.15, -0.1) is 0 Å². The molecule has 148 valence electrons. The molecule has 0 aromatic heterocycles. The molecule has 0 unspecified atom stereocenters. The second-order valence-electron chi connectivity index (χ2n) is 6.52. The molecule has 2 heterocycles. The van der Waals surface area contributed by atoms with Gasteiger partial charge in [-0.25, -0.2) is 4.79 Å². The molecule has 1 fully saturated rings. The number of amides is 1. The number of benzene rings is 1. The Morgan fingerprint density at radius 1 is 1.50 bits per heavy atom. The summed E-state index contributed by atoms with van der Waals surface area (Å²) < 4.78 is 10.4. The van der Waals surface area contributed by atoms with E-state index in [0.717, 1.165) is 12.8 Å². The molecule has 0 N–H and O–H groups in total. The molecule has 0 bridgehead atoms. The topological polar surface area (TPSA) is 99.0 Å². The summed E-state index contributed by atoms with van der Waals surface area (Å²) in [4.78, 5) is 37.4. The third-order valence-electron chi connectivity index (χ3n) is 4.80. The van der Waals surface area contributed by atoms with Crippen molar-refractivity contribution in [2.75, 3.05) is 20.3 Å². The lowest BCUT2D eigenvalue weighted by molar-refractivity contribution is -0.384. The Bertz CT molecular complexity index is 902. The van der Waals surface area contributed by atoms with E-state index in [1.165, 1.54) is 36.3 Å². The van der Waals surface area contributed by atoms with Gasteiger partial charge in [-0.3, -0.25) is 14.9 Å². The number of non-ortho nitro benzene ring substituents is 1. The summed E-state index contributed by atoms with van der Waals surface area (Å²) in [6.45, 7) is 2.63. The van der Waals surface area contributed by atoms with E-state index in [2.05, 4.69) is 0 Å². The molecule has 1 aromatic rings. The largest absolute Gasteiger partial charge is 0.465 e. The average molecular weight is 407 g/mol. The van der Waals surface area contributed by atoms with E-state index in [0.29, 0.717) is 18.8 Å². The maximum absolute atomic E-state index is 13.0. The first-order valence-corrected chi connectivity index (χ1v) is 9.10. The monoisotopic (exact) mass is 406 g/mol. The van der Waals surface area contributed by atoms with Gasteiger partial charge in [0.15, 0.2) is 0 Å². The van der Waals surface area contributed by atoms with E-state index in [4.69, 9.17) is 21.1 Å². The number of ether oxygens (including phenoxy) is 2. The first-order valence-electron chi connectivity index (χ1n) is 8.72. The van der Waals surface area contributed by atoms with Gasteiger partial charge in [0.05, 0.1) is 35.8 Å². The van der Waals surface area contributed by atoms with Crippen LogP contribution in [0.4, 0.5) is 5.69 Å². The van der Waals surface area contributed by atoms with Gasteiger partial charge in [0.2, 0.25) is 0 Å². The first kappa shape index (κ1) is 20.0. The Balaban J connectivity index is 2.04. The van der Waals surface area contributed by atoms with Crippen LogP contribution in [0, 0.1) is 10.1 Å². The van der Waals surface area contributed by atoms with Crippen LogP contribution in [0.2, 0.25) is 5.02 Å². The van der Waals surface area contributed by atoms with Gasteiger partial charge < -0.3 is 14.4 Å². The number of allylic oxidation sites excluding steroid dienone is 1. The van der Waals surface area contributed by atoms with Crippen LogP contribution < -0.4 is 0 Å². The lowest BCUT2D eigenvalue weighted by Crippen LogP contribution is -2.33. The maximum atomic E-state index is 13.0. The summed E-state index contributed by atoms with van der Waals surface area (Å²) in [6, 6.07) is 3.91. The highest BCUT2D eigenvalue weighted by Gasteiger charge is 2.38. The zero-order chi connectivity index (χ0) is 20.4. The number of methoxy groups -OCH3 is 1. The van der Waals surface area contributed by atoms with Gasteiger partial charge in [-0.1, -0.05) is 11.6 Å². The molecule has 3 rings (SSSR count). The lowest BCUT2D eigenvalue weighted by atomic mass is 10.0. The van der Waals surface area contributed by atoms with Crippen molar-refractivity contribution in [3.8, 4) is 0 Å². The molecule has 0 spiro atoms. The van der Waals surface area contributed by atoms with Crippen LogP contribution in [0.1, 0.15) is 25.3 Å². The van der Waals surface area contributed by atoms with Crippen molar-refractivity contribution in [2.45, 2.75) is 25.9 Å². The number of nitrogens with zero attached hydrogens (tertiary/aromatic N) is 2. The normalized spacial score (nSPS) is 21.0. The van der Waals surface area contributed by atoms with E-state index in [9.17, 15) is 19.7 Å². The number of carbonyl (C=O) groups is 2. The molecule has 1 atom stereocenters. The molecular formula is C19H19ClN2O6. The van der Waals surface area contributed by atoms with E-state index in [1.807, 2.05) is 0 Å². The van der Waals surface area contributed by atoms with Crippen LogP contribution in [0.5, 0.6) is 0 Å². The van der Waals surface area contributed by atoms with Crippen LogP contribution in [0.15, 0.2) is 35.0 Å². The molecule has 1 aromatic carbocycles. The third kappa shape index (κ3) is 3.79. The van der Waals surface area contributed by atoms with Gasteiger partial charge in [-0.05, 0) is 31.9 Å². The molecule has 28 heavy (non-hydrogen) atoms. The van der Waals surface area contributed by atoms with E-state index in [1.54, 1.807) is 6.92 Å². The van der Waals surface area contributed by atoms with Gasteiger partial charge in [0.1, 0.15) is 0 Å². The zero-order valence-electron chi connectivity index (χ0n) is 15.4. The standard InChI is InChI=1S/C19H19ClN2O6/c1-11-17(19(24)27-2)15(18(23)21(11)10-14-4-3-7-28-14)9-12-8-13(22(25)26)5-6-16(12)20/h5-6,8-9,14H,3-4,7,10H2,1-2H3/b15-9-/t14-/m0/s1. The number of hydrogen-bond acceptors (Lipinski definition) is 6. The van der Waals surface area contributed by atoms with E-state index >= 15 is 0 Å². The fourth-order valence-corrected chi connectivity index (χ4v) is 3.52. The van der Waals surface area contributed by atoms with Crippen LogP contribution in [0.25, 0.3) is 6.08 Å². The Labute approximate surface area is 166 Å². The first-order chi connectivity index (χ1) is 13.3. The summed E-state index contributed by atoms with van der Waals surface area (Å²) in [5.74, 6) is -1.05. The zero-order valence-corrected chi connectivity index (χ0v) is 16.2. The summed E-state index contributed by atoms with van der Waals surface area (Å²) >= 11 is 6.15. The van der Waals surface area contributed by atoms with Crippen LogP contribution >= 0.6 is 11.6 Å². The number of hydrogen-bond donors (Lipinski definition) is 0. The predicted octanol–water partition coefficient (Wildman–Crippen LogP) is 3.10. The summed E-state index contributed by atoms with van der Waals surface area (Å²) in [7, 11) is 1.23. The number of rotatable bonds is 5. The highest BCUT2D eigenvalue weighted by atomic mass is 35.5. The van der Waals surface area contributed by atoms with Crippen LogP contribution in [-0.4, -0.2) is 48.1 Å². The van der Waals surface area contributed by atoms with Gasteiger partial charge in [0.25, 0.3) is 11.6 Å². The van der Waals surface area contributed by atoms with Crippen molar-refractivity contribution in [1.29, 1.82) is 0 Å². The highest BCUT2D eigenvalue weighted by Crippen LogP contribution is 2.34. The molecule has 1 amide bonds. The summed E-state index contributed by atoms with van der Waals surface area (Å²) in [6.07, 6.45) is 3.05. The minimum atomic E-state index is -0.659. The predicted molar refractivity (Wildman–Crippen MR) is 101 cm³/mol. The minimum absolute atomic E-state index is 0.0877. The molecule has 0 radical (unpaired) electrons. The Hall–Kier alpha value is -2.71. The molecule has 9 heteroatoms. The fraction of sp³-hybridized carbons (Fsp3) is 0.368. The van der Waals surface area contributed by atoms with Crippen molar-refractivity contribution in [3.05, 3.63) is 55.7 Å². The Morgan fingerprint density at radius 3 is 2.86 bits per heavy atom. The van der Waals surface area contributed by atoms with Crippen molar-refractivity contribution in [2.24, 2.45) is 0 Å². The van der Waals surface area contributed by atoms with E-state index in [-0.39, 0.29) is 33.5 Å². The number of esters is 1. The number of nitro benzene ring substituents is 1. The number of halogens is 1. The Morgan fingerprint density at radius 2 is 2.25 bits per heavy atom. The number of carbonyl (C=O) groups excluding carboxylic acids is 2. The van der Waals surface area contributed by atoms with Crippen LogP contribution in [-0.2, 0) is 19.1 Å². The highest BCUT2D eigenvalue weighted by molar-refractivity contribution is 6.32. The molecule has 2 aliphatic rings. The lowest BCUT2D eigenvalue weighted by Gasteiger charge is -2.21.